The topological polar surface area (TPSA) is 87.9 Å². The third-order valence-corrected chi connectivity index (χ3v) is 2.95. The van der Waals surface area contributed by atoms with Gasteiger partial charge < -0.3 is 19.9 Å². The van der Waals surface area contributed by atoms with Gasteiger partial charge in [-0.05, 0) is 25.0 Å². The molecule has 1 heterocycles. The van der Waals surface area contributed by atoms with Gasteiger partial charge >= 0.3 is 5.97 Å². The predicted octanol–water partition coefficient (Wildman–Crippen LogP) is 0.886. The summed E-state index contributed by atoms with van der Waals surface area (Å²) in [5.74, 6) is -0.831. The Morgan fingerprint density at radius 2 is 2.15 bits per heavy atom. The molecule has 1 unspecified atom stereocenters. The number of carbonyl (C=O) groups is 2. The minimum absolute atomic E-state index is 0.0168. The third kappa shape index (κ3) is 3.96. The van der Waals surface area contributed by atoms with Crippen LogP contribution in [0.15, 0.2) is 24.3 Å². The smallest absolute Gasteiger partial charge is 0.344 e. The van der Waals surface area contributed by atoms with E-state index in [9.17, 15) is 9.59 Å². The molecule has 1 amide bonds. The van der Waals surface area contributed by atoms with Crippen LogP contribution in [0.5, 0.6) is 5.75 Å². The fraction of sp³-hybridized carbons (Fsp3) is 0.429. The standard InChI is InChI=1S/C14H17NO5/c15-14(17)11-5-1-2-6-12(11)19-9-13(16)20-8-10-4-3-7-18-10/h1-2,5-6,10H,3-4,7-9H2,(H2,15,17). The molecule has 0 radical (unpaired) electrons. The summed E-state index contributed by atoms with van der Waals surface area (Å²) in [6, 6.07) is 6.48. The van der Waals surface area contributed by atoms with Crippen LogP contribution in [0.3, 0.4) is 0 Å². The van der Waals surface area contributed by atoms with Crippen molar-refractivity contribution in [1.29, 1.82) is 0 Å². The lowest BCUT2D eigenvalue weighted by Crippen LogP contribution is -2.22. The van der Waals surface area contributed by atoms with Gasteiger partial charge in [0.05, 0.1) is 11.7 Å². The van der Waals surface area contributed by atoms with Crippen molar-refractivity contribution in [2.45, 2.75) is 18.9 Å². The molecular formula is C14H17NO5. The highest BCUT2D eigenvalue weighted by atomic mass is 16.6. The SMILES string of the molecule is NC(=O)c1ccccc1OCC(=O)OCC1CCCO1. The van der Waals surface area contributed by atoms with Crippen molar-refractivity contribution in [2.24, 2.45) is 5.73 Å². The van der Waals surface area contributed by atoms with Crippen molar-refractivity contribution in [3.8, 4) is 5.75 Å². The molecule has 6 heteroatoms. The fourth-order valence-electron chi connectivity index (χ4n) is 1.94. The molecule has 0 spiro atoms. The molecule has 108 valence electrons. The summed E-state index contributed by atoms with van der Waals surface area (Å²) in [6.45, 7) is 0.682. The summed E-state index contributed by atoms with van der Waals surface area (Å²) in [7, 11) is 0. The first kappa shape index (κ1) is 14.3. The number of hydrogen-bond acceptors (Lipinski definition) is 5. The Labute approximate surface area is 116 Å². The van der Waals surface area contributed by atoms with E-state index >= 15 is 0 Å². The first-order chi connectivity index (χ1) is 9.66. The molecule has 0 saturated carbocycles. The second kappa shape index (κ2) is 6.91. The maximum Gasteiger partial charge on any atom is 0.344 e. The Kier molecular flexibility index (Phi) is 4.95. The van der Waals surface area contributed by atoms with Gasteiger partial charge in [-0.2, -0.15) is 0 Å². The summed E-state index contributed by atoms with van der Waals surface area (Å²) in [4.78, 5) is 22.7. The summed E-state index contributed by atoms with van der Waals surface area (Å²) < 4.78 is 15.6. The zero-order valence-electron chi connectivity index (χ0n) is 11.0. The summed E-state index contributed by atoms with van der Waals surface area (Å²) in [6.07, 6.45) is 1.88. The highest BCUT2D eigenvalue weighted by Crippen LogP contribution is 2.17. The first-order valence-electron chi connectivity index (χ1n) is 6.45. The molecular weight excluding hydrogens is 262 g/mol. The lowest BCUT2D eigenvalue weighted by atomic mass is 10.2. The molecule has 1 fully saturated rings. The lowest BCUT2D eigenvalue weighted by molar-refractivity contribution is -0.149. The minimum Gasteiger partial charge on any atom is -0.481 e. The van der Waals surface area contributed by atoms with Gasteiger partial charge in [-0.3, -0.25) is 4.79 Å². The van der Waals surface area contributed by atoms with E-state index in [0.717, 1.165) is 12.8 Å². The van der Waals surface area contributed by atoms with Crippen molar-refractivity contribution in [3.05, 3.63) is 29.8 Å². The number of primary amides is 1. The van der Waals surface area contributed by atoms with Crippen molar-refractivity contribution in [2.75, 3.05) is 19.8 Å². The molecule has 1 saturated heterocycles. The molecule has 0 aromatic heterocycles. The average molecular weight is 279 g/mol. The van der Waals surface area contributed by atoms with Gasteiger partial charge in [-0.1, -0.05) is 12.1 Å². The molecule has 1 aromatic carbocycles. The van der Waals surface area contributed by atoms with E-state index < -0.39 is 11.9 Å². The highest BCUT2D eigenvalue weighted by Gasteiger charge is 2.18. The number of nitrogens with two attached hydrogens (primary N) is 1. The van der Waals surface area contributed by atoms with Crippen LogP contribution in [0.1, 0.15) is 23.2 Å². The molecule has 20 heavy (non-hydrogen) atoms. The van der Waals surface area contributed by atoms with Gasteiger partial charge in [0.25, 0.3) is 5.91 Å². The Morgan fingerprint density at radius 1 is 1.35 bits per heavy atom. The maximum absolute atomic E-state index is 11.5. The molecule has 1 atom stereocenters. The van der Waals surface area contributed by atoms with E-state index in [0.29, 0.717) is 6.61 Å². The molecule has 2 rings (SSSR count). The van der Waals surface area contributed by atoms with E-state index in [1.54, 1.807) is 18.2 Å². The Morgan fingerprint density at radius 3 is 2.85 bits per heavy atom. The van der Waals surface area contributed by atoms with Gasteiger partial charge in [0.1, 0.15) is 12.4 Å². The van der Waals surface area contributed by atoms with Gasteiger partial charge in [0.15, 0.2) is 6.61 Å². The predicted molar refractivity (Wildman–Crippen MR) is 70.4 cm³/mol. The number of ether oxygens (including phenoxy) is 3. The van der Waals surface area contributed by atoms with Crippen molar-refractivity contribution in [3.63, 3.8) is 0 Å². The van der Waals surface area contributed by atoms with Crippen LogP contribution in [0.25, 0.3) is 0 Å². The van der Waals surface area contributed by atoms with Crippen LogP contribution < -0.4 is 10.5 Å². The molecule has 1 aromatic rings. The average Bonchev–Trinajstić information content (AvgIpc) is 2.96. The Balaban J connectivity index is 1.79. The second-order valence-corrected chi connectivity index (χ2v) is 4.47. The third-order valence-electron chi connectivity index (χ3n) is 2.95. The normalized spacial score (nSPS) is 17.7. The van der Waals surface area contributed by atoms with Crippen LogP contribution >= 0.6 is 0 Å². The monoisotopic (exact) mass is 279 g/mol. The van der Waals surface area contributed by atoms with Crippen molar-refractivity contribution in [1.82, 2.24) is 0 Å². The van der Waals surface area contributed by atoms with Crippen LogP contribution in [0.4, 0.5) is 0 Å². The number of benzene rings is 1. The molecule has 1 aliphatic rings. The van der Waals surface area contributed by atoms with Crippen LogP contribution in [-0.2, 0) is 14.3 Å². The zero-order valence-corrected chi connectivity index (χ0v) is 11.0. The van der Waals surface area contributed by atoms with E-state index in [4.69, 9.17) is 19.9 Å². The second-order valence-electron chi connectivity index (χ2n) is 4.47. The van der Waals surface area contributed by atoms with Crippen LogP contribution in [0, 0.1) is 0 Å². The molecule has 6 nitrogen and oxygen atoms in total. The first-order valence-corrected chi connectivity index (χ1v) is 6.45. The molecule has 2 N–H and O–H groups in total. The minimum atomic E-state index is -0.603. The van der Waals surface area contributed by atoms with Crippen molar-refractivity contribution >= 4 is 11.9 Å². The highest BCUT2D eigenvalue weighted by molar-refractivity contribution is 5.95. The van der Waals surface area contributed by atoms with Gasteiger partial charge in [0, 0.05) is 6.61 Å². The lowest BCUT2D eigenvalue weighted by Gasteiger charge is -2.11. The molecule has 1 aliphatic heterocycles. The summed E-state index contributed by atoms with van der Waals surface area (Å²) in [5, 5.41) is 0. The van der Waals surface area contributed by atoms with Crippen LogP contribution in [0.2, 0.25) is 0 Å². The van der Waals surface area contributed by atoms with E-state index in [1.807, 2.05) is 0 Å². The van der Waals surface area contributed by atoms with Crippen LogP contribution in [-0.4, -0.2) is 37.8 Å². The molecule has 0 aliphatic carbocycles. The summed E-state index contributed by atoms with van der Waals surface area (Å²) >= 11 is 0. The number of hydrogen-bond donors (Lipinski definition) is 1. The van der Waals surface area contributed by atoms with Crippen molar-refractivity contribution < 1.29 is 23.8 Å². The zero-order chi connectivity index (χ0) is 14.4. The quantitative estimate of drug-likeness (QED) is 0.781. The van der Waals surface area contributed by atoms with E-state index in [-0.39, 0.29) is 30.6 Å². The van der Waals surface area contributed by atoms with Gasteiger partial charge in [-0.25, -0.2) is 4.79 Å². The van der Waals surface area contributed by atoms with E-state index in [1.165, 1.54) is 6.07 Å². The van der Waals surface area contributed by atoms with Gasteiger partial charge in [-0.15, -0.1) is 0 Å². The van der Waals surface area contributed by atoms with Gasteiger partial charge in [0.2, 0.25) is 0 Å². The number of rotatable bonds is 6. The summed E-state index contributed by atoms with van der Waals surface area (Å²) in [5.41, 5.74) is 5.45. The fourth-order valence-corrected chi connectivity index (χ4v) is 1.94. The molecule has 0 bridgehead atoms. The Hall–Kier alpha value is -2.08. The number of esters is 1. The number of para-hydroxylation sites is 1. The maximum atomic E-state index is 11.5. The largest absolute Gasteiger partial charge is 0.481 e. The van der Waals surface area contributed by atoms with E-state index in [2.05, 4.69) is 0 Å². The number of carbonyl (C=O) groups excluding carboxylic acids is 2. The Bertz CT molecular complexity index is 482. The number of amides is 1.